The molecule has 0 heterocycles. The Morgan fingerprint density at radius 1 is 1.38 bits per heavy atom. The van der Waals surface area contributed by atoms with Crippen LogP contribution in [0.2, 0.25) is 0 Å². The second-order valence-electron chi connectivity index (χ2n) is 4.86. The molecule has 3 N–H and O–H groups in total. The third kappa shape index (κ3) is 5.77. The van der Waals surface area contributed by atoms with Crippen molar-refractivity contribution in [2.24, 2.45) is 5.92 Å². The molecule has 1 amide bonds. The largest absolute Gasteiger partial charge is 0.480 e. The average Bonchev–Trinajstić information content (AvgIpc) is 2.46. The van der Waals surface area contributed by atoms with E-state index in [4.69, 9.17) is 5.11 Å². The van der Waals surface area contributed by atoms with Gasteiger partial charge in [-0.15, -0.1) is 11.8 Å². The molecule has 1 rings (SSSR count). The molecule has 0 aromatic heterocycles. The van der Waals surface area contributed by atoms with Gasteiger partial charge in [0.25, 0.3) is 0 Å². The van der Waals surface area contributed by atoms with Crippen LogP contribution in [-0.2, 0) is 9.59 Å². The summed E-state index contributed by atoms with van der Waals surface area (Å²) in [6.45, 7) is 3.76. The Morgan fingerprint density at radius 3 is 2.67 bits per heavy atom. The van der Waals surface area contributed by atoms with Gasteiger partial charge in [0.15, 0.2) is 0 Å². The summed E-state index contributed by atoms with van der Waals surface area (Å²) in [7, 11) is 0. The van der Waals surface area contributed by atoms with Gasteiger partial charge in [-0.25, -0.2) is 0 Å². The van der Waals surface area contributed by atoms with Gasteiger partial charge >= 0.3 is 5.97 Å². The van der Waals surface area contributed by atoms with E-state index in [2.05, 4.69) is 10.6 Å². The Kier molecular flexibility index (Phi) is 7.25. The number of carbonyl (C=O) groups is 2. The maximum absolute atomic E-state index is 11.9. The van der Waals surface area contributed by atoms with Crippen LogP contribution in [0.3, 0.4) is 0 Å². The Hall–Kier alpha value is -1.53. The van der Waals surface area contributed by atoms with Crippen molar-refractivity contribution in [3.8, 4) is 0 Å². The summed E-state index contributed by atoms with van der Waals surface area (Å²) in [5.74, 6) is -1.21. The molecule has 0 saturated carbocycles. The van der Waals surface area contributed by atoms with Gasteiger partial charge in [0.05, 0.1) is 6.54 Å². The quantitative estimate of drug-likeness (QED) is 0.643. The fourth-order valence-electron chi connectivity index (χ4n) is 1.88. The van der Waals surface area contributed by atoms with Crippen molar-refractivity contribution in [2.45, 2.75) is 31.2 Å². The number of hydrogen-bond acceptors (Lipinski definition) is 4. The van der Waals surface area contributed by atoms with Crippen LogP contribution < -0.4 is 10.6 Å². The maximum atomic E-state index is 11.9. The zero-order valence-corrected chi connectivity index (χ0v) is 13.4. The number of carboxylic acids is 1. The molecule has 0 spiro atoms. The van der Waals surface area contributed by atoms with Crippen LogP contribution in [0.25, 0.3) is 0 Å². The number of hydrogen-bond donors (Lipinski definition) is 3. The first-order valence-corrected chi connectivity index (χ1v) is 8.10. The van der Waals surface area contributed by atoms with Crippen LogP contribution in [-0.4, -0.2) is 35.8 Å². The Morgan fingerprint density at radius 2 is 2.10 bits per heavy atom. The van der Waals surface area contributed by atoms with Crippen LogP contribution in [0.4, 0.5) is 5.69 Å². The van der Waals surface area contributed by atoms with Crippen molar-refractivity contribution >= 4 is 29.3 Å². The van der Waals surface area contributed by atoms with Crippen LogP contribution in [0, 0.1) is 5.92 Å². The van der Waals surface area contributed by atoms with E-state index in [1.165, 1.54) is 0 Å². The van der Waals surface area contributed by atoms with Crippen molar-refractivity contribution < 1.29 is 14.7 Å². The number of amides is 1. The van der Waals surface area contributed by atoms with Gasteiger partial charge in [0, 0.05) is 10.6 Å². The number of rotatable bonds is 8. The highest BCUT2D eigenvalue weighted by molar-refractivity contribution is 7.98. The third-order valence-electron chi connectivity index (χ3n) is 3.32. The lowest BCUT2D eigenvalue weighted by Crippen LogP contribution is -2.45. The molecule has 0 aliphatic heterocycles. The van der Waals surface area contributed by atoms with Crippen LogP contribution >= 0.6 is 11.8 Å². The minimum Gasteiger partial charge on any atom is -0.480 e. The third-order valence-corrected chi connectivity index (χ3v) is 4.04. The van der Waals surface area contributed by atoms with Gasteiger partial charge in [0.2, 0.25) is 5.91 Å². The van der Waals surface area contributed by atoms with E-state index in [1.807, 2.05) is 38.3 Å². The fraction of sp³-hybridized carbons (Fsp3) is 0.467. The molecule has 0 saturated heterocycles. The second-order valence-corrected chi connectivity index (χ2v) is 5.74. The molecule has 0 bridgehead atoms. The predicted molar refractivity (Wildman–Crippen MR) is 85.7 cm³/mol. The average molecular weight is 310 g/mol. The van der Waals surface area contributed by atoms with Crippen LogP contribution in [0.5, 0.6) is 0 Å². The van der Waals surface area contributed by atoms with Crippen molar-refractivity contribution in [1.82, 2.24) is 5.32 Å². The molecule has 6 heteroatoms. The molecule has 1 aromatic rings. The number of nitrogens with one attached hydrogen (secondary N) is 2. The fourth-order valence-corrected chi connectivity index (χ4v) is 2.34. The molecular formula is C15H22N2O3S. The highest BCUT2D eigenvalue weighted by Crippen LogP contribution is 2.18. The van der Waals surface area contributed by atoms with Gasteiger partial charge in [-0.1, -0.05) is 26.3 Å². The normalized spacial score (nSPS) is 13.5. The number of aliphatic carboxylic acids is 1. The first-order chi connectivity index (χ1) is 9.97. The van der Waals surface area contributed by atoms with Crippen LogP contribution in [0.15, 0.2) is 29.2 Å². The minimum atomic E-state index is -0.929. The highest BCUT2D eigenvalue weighted by atomic mass is 32.2. The second kappa shape index (κ2) is 8.69. The Balaban J connectivity index is 2.54. The lowest BCUT2D eigenvalue weighted by Gasteiger charge is -2.19. The number of carbonyl (C=O) groups excluding carboxylic acids is 1. The van der Waals surface area contributed by atoms with Crippen molar-refractivity contribution in [3.05, 3.63) is 24.3 Å². The summed E-state index contributed by atoms with van der Waals surface area (Å²) >= 11 is 1.59. The van der Waals surface area contributed by atoms with Gasteiger partial charge in [0.1, 0.15) is 6.04 Å². The lowest BCUT2D eigenvalue weighted by atomic mass is 9.99. The van der Waals surface area contributed by atoms with E-state index >= 15 is 0 Å². The number of benzene rings is 1. The summed E-state index contributed by atoms with van der Waals surface area (Å²) in [6, 6.07) is 6.81. The van der Waals surface area contributed by atoms with Crippen molar-refractivity contribution in [2.75, 3.05) is 18.1 Å². The summed E-state index contributed by atoms with van der Waals surface area (Å²) in [5.41, 5.74) is 0.712. The summed E-state index contributed by atoms with van der Waals surface area (Å²) in [6.07, 6.45) is 2.70. The minimum absolute atomic E-state index is 0.0230. The topological polar surface area (TPSA) is 78.4 Å². The van der Waals surface area contributed by atoms with E-state index in [1.54, 1.807) is 17.8 Å². The molecule has 2 atom stereocenters. The summed E-state index contributed by atoms with van der Waals surface area (Å²) in [5, 5.41) is 14.7. The van der Waals surface area contributed by atoms with E-state index in [-0.39, 0.29) is 18.4 Å². The first-order valence-electron chi connectivity index (χ1n) is 6.88. The van der Waals surface area contributed by atoms with Gasteiger partial charge in [-0.3, -0.25) is 14.9 Å². The highest BCUT2D eigenvalue weighted by Gasteiger charge is 2.23. The first kappa shape index (κ1) is 17.5. The molecule has 21 heavy (non-hydrogen) atoms. The van der Waals surface area contributed by atoms with E-state index in [9.17, 15) is 9.59 Å². The molecule has 116 valence electrons. The van der Waals surface area contributed by atoms with Gasteiger partial charge in [-0.05, 0) is 30.4 Å². The summed E-state index contributed by atoms with van der Waals surface area (Å²) < 4.78 is 0. The molecule has 0 aliphatic rings. The van der Waals surface area contributed by atoms with E-state index < -0.39 is 12.0 Å². The standard InChI is InChI=1S/C15H22N2O3S/c1-4-10(2)14(15(19)20)16-9-13(18)17-11-6-5-7-12(8-11)21-3/h5-8,10,14,16H,4,9H2,1-3H3,(H,17,18)(H,19,20)/t10-,14-/m0/s1. The molecule has 0 fully saturated rings. The molecule has 5 nitrogen and oxygen atoms in total. The molecule has 1 aromatic carbocycles. The zero-order valence-electron chi connectivity index (χ0n) is 12.6. The Labute approximate surface area is 129 Å². The van der Waals surface area contributed by atoms with Crippen molar-refractivity contribution in [1.29, 1.82) is 0 Å². The van der Waals surface area contributed by atoms with E-state index in [0.717, 1.165) is 11.3 Å². The number of carboxylic acid groups (broad SMARTS) is 1. The van der Waals surface area contributed by atoms with Crippen molar-refractivity contribution in [3.63, 3.8) is 0 Å². The Bertz CT molecular complexity index is 494. The van der Waals surface area contributed by atoms with Gasteiger partial charge < -0.3 is 10.4 Å². The predicted octanol–water partition coefficient (Wildman–Crippen LogP) is 2.44. The SMILES string of the molecule is CC[C@H](C)[C@H](NCC(=O)Nc1cccc(SC)c1)C(=O)O. The number of anilines is 1. The zero-order chi connectivity index (χ0) is 15.8. The van der Waals surface area contributed by atoms with Gasteiger partial charge in [-0.2, -0.15) is 0 Å². The molecule has 0 aliphatic carbocycles. The maximum Gasteiger partial charge on any atom is 0.320 e. The number of thioether (sulfide) groups is 1. The molecule has 0 radical (unpaired) electrons. The summed E-state index contributed by atoms with van der Waals surface area (Å²) in [4.78, 5) is 24.1. The lowest BCUT2D eigenvalue weighted by molar-refractivity contribution is -0.140. The smallest absolute Gasteiger partial charge is 0.320 e. The monoisotopic (exact) mass is 310 g/mol. The molecular weight excluding hydrogens is 288 g/mol. The van der Waals surface area contributed by atoms with Crippen LogP contribution in [0.1, 0.15) is 20.3 Å². The van der Waals surface area contributed by atoms with E-state index in [0.29, 0.717) is 5.69 Å². The molecule has 0 unspecified atom stereocenters.